The van der Waals surface area contributed by atoms with Gasteiger partial charge in [-0.2, -0.15) is 0 Å². The summed E-state index contributed by atoms with van der Waals surface area (Å²) in [6.45, 7) is 5.88. The Labute approximate surface area is 104 Å². The molecule has 2 rings (SSSR count). The maximum atomic E-state index is 12.4. The van der Waals surface area contributed by atoms with Gasteiger partial charge in [0.25, 0.3) is 0 Å². The fourth-order valence-electron chi connectivity index (χ4n) is 2.53. The van der Waals surface area contributed by atoms with E-state index in [0.717, 1.165) is 32.4 Å². The molecule has 1 atom stereocenters. The molecule has 0 spiro atoms. The molecule has 1 heterocycles. The Kier molecular flexibility index (Phi) is 3.51. The van der Waals surface area contributed by atoms with Crippen molar-refractivity contribution in [3.63, 3.8) is 0 Å². The summed E-state index contributed by atoms with van der Waals surface area (Å²) in [6.07, 6.45) is 3.10. The van der Waals surface area contributed by atoms with Gasteiger partial charge in [-0.1, -0.05) is 44.2 Å². The standard InChI is InChI=1S/C15H21NO/c1-3-15(2)10-7-11-16(14(15)17)12-13-8-5-4-6-9-13/h4-6,8-9H,3,7,10-12H2,1-2H3. The number of likely N-dealkylation sites (tertiary alicyclic amines) is 1. The number of piperidine rings is 1. The second-order valence-electron chi connectivity index (χ2n) is 5.23. The Hall–Kier alpha value is -1.31. The molecule has 1 aromatic carbocycles. The number of carbonyl (C=O) groups excluding carboxylic acids is 1. The van der Waals surface area contributed by atoms with Gasteiger partial charge in [-0.25, -0.2) is 0 Å². The molecule has 1 fully saturated rings. The minimum Gasteiger partial charge on any atom is -0.338 e. The van der Waals surface area contributed by atoms with Gasteiger partial charge in [-0.05, 0) is 24.8 Å². The van der Waals surface area contributed by atoms with Gasteiger partial charge >= 0.3 is 0 Å². The average Bonchev–Trinajstić information content (AvgIpc) is 2.36. The zero-order valence-electron chi connectivity index (χ0n) is 10.8. The lowest BCUT2D eigenvalue weighted by molar-refractivity contribution is -0.146. The third-order valence-corrected chi connectivity index (χ3v) is 3.96. The zero-order chi connectivity index (χ0) is 12.3. The molecular formula is C15H21NO. The summed E-state index contributed by atoms with van der Waals surface area (Å²) in [5, 5.41) is 0. The van der Waals surface area contributed by atoms with Crippen LogP contribution < -0.4 is 0 Å². The van der Waals surface area contributed by atoms with Crippen LogP contribution in [0.1, 0.15) is 38.7 Å². The highest BCUT2D eigenvalue weighted by Gasteiger charge is 2.37. The number of benzene rings is 1. The van der Waals surface area contributed by atoms with Crippen molar-refractivity contribution in [1.29, 1.82) is 0 Å². The van der Waals surface area contributed by atoms with E-state index < -0.39 is 0 Å². The van der Waals surface area contributed by atoms with Crippen molar-refractivity contribution in [2.24, 2.45) is 5.41 Å². The van der Waals surface area contributed by atoms with Gasteiger partial charge in [0.05, 0.1) is 0 Å². The van der Waals surface area contributed by atoms with Crippen LogP contribution in [0.25, 0.3) is 0 Å². The highest BCUT2D eigenvalue weighted by Crippen LogP contribution is 2.34. The van der Waals surface area contributed by atoms with Crippen molar-refractivity contribution in [1.82, 2.24) is 4.90 Å². The molecule has 17 heavy (non-hydrogen) atoms. The summed E-state index contributed by atoms with van der Waals surface area (Å²) >= 11 is 0. The summed E-state index contributed by atoms with van der Waals surface area (Å²) in [4.78, 5) is 14.4. The van der Waals surface area contributed by atoms with Crippen LogP contribution in [-0.4, -0.2) is 17.4 Å². The first kappa shape index (κ1) is 12.2. The van der Waals surface area contributed by atoms with E-state index >= 15 is 0 Å². The second-order valence-corrected chi connectivity index (χ2v) is 5.23. The molecule has 1 aliphatic heterocycles. The van der Waals surface area contributed by atoms with Gasteiger partial charge in [-0.3, -0.25) is 4.79 Å². The van der Waals surface area contributed by atoms with Gasteiger partial charge in [0.2, 0.25) is 5.91 Å². The molecule has 2 nitrogen and oxygen atoms in total. The molecule has 1 unspecified atom stereocenters. The maximum Gasteiger partial charge on any atom is 0.228 e. The zero-order valence-corrected chi connectivity index (χ0v) is 10.8. The van der Waals surface area contributed by atoms with Crippen LogP contribution in [0.15, 0.2) is 30.3 Å². The van der Waals surface area contributed by atoms with E-state index in [1.54, 1.807) is 0 Å². The minimum atomic E-state index is -0.132. The summed E-state index contributed by atoms with van der Waals surface area (Å²) in [5.41, 5.74) is 1.09. The lowest BCUT2D eigenvalue weighted by Crippen LogP contribution is -2.46. The number of carbonyl (C=O) groups is 1. The Morgan fingerprint density at radius 3 is 2.65 bits per heavy atom. The summed E-state index contributed by atoms with van der Waals surface area (Å²) in [6, 6.07) is 10.2. The molecule has 0 aliphatic carbocycles. The summed E-state index contributed by atoms with van der Waals surface area (Å²) < 4.78 is 0. The van der Waals surface area contributed by atoms with E-state index in [9.17, 15) is 4.79 Å². The normalized spacial score (nSPS) is 25.1. The molecule has 0 saturated carbocycles. The monoisotopic (exact) mass is 231 g/mol. The van der Waals surface area contributed by atoms with Crippen LogP contribution in [0.4, 0.5) is 0 Å². The fraction of sp³-hybridized carbons (Fsp3) is 0.533. The molecule has 0 aromatic heterocycles. The van der Waals surface area contributed by atoms with Crippen molar-refractivity contribution in [2.45, 2.75) is 39.7 Å². The second kappa shape index (κ2) is 4.91. The number of rotatable bonds is 3. The van der Waals surface area contributed by atoms with Gasteiger partial charge in [0.15, 0.2) is 0 Å². The van der Waals surface area contributed by atoms with Crippen molar-refractivity contribution in [3.05, 3.63) is 35.9 Å². The number of hydrogen-bond acceptors (Lipinski definition) is 1. The van der Waals surface area contributed by atoms with Gasteiger partial charge < -0.3 is 4.90 Å². The third-order valence-electron chi connectivity index (χ3n) is 3.96. The predicted molar refractivity (Wildman–Crippen MR) is 69.5 cm³/mol. The molecule has 1 saturated heterocycles. The quantitative estimate of drug-likeness (QED) is 0.782. The van der Waals surface area contributed by atoms with Crippen molar-refractivity contribution in [3.8, 4) is 0 Å². The van der Waals surface area contributed by atoms with E-state index in [1.165, 1.54) is 5.56 Å². The van der Waals surface area contributed by atoms with Crippen molar-refractivity contribution >= 4 is 5.91 Å². The largest absolute Gasteiger partial charge is 0.338 e. The average molecular weight is 231 g/mol. The van der Waals surface area contributed by atoms with E-state index in [1.807, 2.05) is 23.1 Å². The molecule has 1 aliphatic rings. The van der Waals surface area contributed by atoms with Gasteiger partial charge in [-0.15, -0.1) is 0 Å². The Morgan fingerprint density at radius 1 is 1.29 bits per heavy atom. The molecular weight excluding hydrogens is 210 g/mol. The lowest BCUT2D eigenvalue weighted by atomic mass is 9.78. The molecule has 0 N–H and O–H groups in total. The van der Waals surface area contributed by atoms with Crippen LogP contribution >= 0.6 is 0 Å². The SMILES string of the molecule is CCC1(C)CCCN(Cc2ccccc2)C1=O. The molecule has 92 valence electrons. The van der Waals surface area contributed by atoms with E-state index in [0.29, 0.717) is 5.91 Å². The lowest BCUT2D eigenvalue weighted by Gasteiger charge is -2.39. The van der Waals surface area contributed by atoms with Crippen LogP contribution in [0.2, 0.25) is 0 Å². The molecule has 0 bridgehead atoms. The smallest absolute Gasteiger partial charge is 0.228 e. The predicted octanol–water partition coefficient (Wildman–Crippen LogP) is 3.23. The minimum absolute atomic E-state index is 0.132. The van der Waals surface area contributed by atoms with Gasteiger partial charge in [0.1, 0.15) is 0 Å². The van der Waals surface area contributed by atoms with E-state index in [2.05, 4.69) is 26.0 Å². The first-order valence-electron chi connectivity index (χ1n) is 6.49. The van der Waals surface area contributed by atoms with Crippen molar-refractivity contribution in [2.75, 3.05) is 6.54 Å². The number of amides is 1. The highest BCUT2D eigenvalue weighted by atomic mass is 16.2. The van der Waals surface area contributed by atoms with E-state index in [-0.39, 0.29) is 5.41 Å². The molecule has 0 radical (unpaired) electrons. The van der Waals surface area contributed by atoms with Crippen LogP contribution in [0, 0.1) is 5.41 Å². The number of hydrogen-bond donors (Lipinski definition) is 0. The highest BCUT2D eigenvalue weighted by molar-refractivity contribution is 5.83. The third kappa shape index (κ3) is 2.51. The maximum absolute atomic E-state index is 12.4. The Balaban J connectivity index is 2.09. The fourth-order valence-corrected chi connectivity index (χ4v) is 2.53. The first-order valence-corrected chi connectivity index (χ1v) is 6.49. The van der Waals surface area contributed by atoms with Gasteiger partial charge in [0, 0.05) is 18.5 Å². The topological polar surface area (TPSA) is 20.3 Å². The van der Waals surface area contributed by atoms with Crippen LogP contribution in [0.5, 0.6) is 0 Å². The van der Waals surface area contributed by atoms with Crippen LogP contribution in [0.3, 0.4) is 0 Å². The molecule has 2 heteroatoms. The molecule has 1 amide bonds. The summed E-state index contributed by atoms with van der Waals surface area (Å²) in [7, 11) is 0. The molecule has 1 aromatic rings. The van der Waals surface area contributed by atoms with Crippen LogP contribution in [-0.2, 0) is 11.3 Å². The summed E-state index contributed by atoms with van der Waals surface area (Å²) in [5.74, 6) is 0.329. The van der Waals surface area contributed by atoms with E-state index in [4.69, 9.17) is 0 Å². The first-order chi connectivity index (χ1) is 8.15. The Bertz CT molecular complexity index is 387. The Morgan fingerprint density at radius 2 is 2.00 bits per heavy atom. The van der Waals surface area contributed by atoms with Crippen molar-refractivity contribution < 1.29 is 4.79 Å². The number of nitrogens with zero attached hydrogens (tertiary/aromatic N) is 1.